The molecule has 0 saturated carbocycles. The van der Waals surface area contributed by atoms with Crippen molar-refractivity contribution in [2.45, 2.75) is 13.8 Å². The van der Waals surface area contributed by atoms with Gasteiger partial charge in [0.15, 0.2) is 0 Å². The Hall–Kier alpha value is -2.69. The molecular formula is C15H13N3O2. The maximum Gasteiger partial charge on any atom is 0.264 e. The van der Waals surface area contributed by atoms with Crippen LogP contribution in [-0.4, -0.2) is 15.1 Å². The maximum absolute atomic E-state index is 12.0. The highest BCUT2D eigenvalue weighted by atomic mass is 16.5. The van der Waals surface area contributed by atoms with E-state index in [4.69, 9.17) is 4.52 Å². The summed E-state index contributed by atoms with van der Waals surface area (Å²) in [5, 5.41) is 3.93. The van der Waals surface area contributed by atoms with Gasteiger partial charge in [-0.05, 0) is 25.5 Å². The number of H-pyrrole nitrogens is 1. The Balaban J connectivity index is 2.10. The fourth-order valence-corrected chi connectivity index (χ4v) is 2.15. The van der Waals surface area contributed by atoms with Crippen molar-refractivity contribution >= 4 is 0 Å². The van der Waals surface area contributed by atoms with Crippen LogP contribution in [0.5, 0.6) is 0 Å². The molecule has 0 spiro atoms. The van der Waals surface area contributed by atoms with Crippen molar-refractivity contribution in [1.82, 2.24) is 15.1 Å². The van der Waals surface area contributed by atoms with Crippen LogP contribution in [0.4, 0.5) is 0 Å². The lowest BCUT2D eigenvalue weighted by molar-refractivity contribution is 0.431. The molecule has 0 aliphatic carbocycles. The summed E-state index contributed by atoms with van der Waals surface area (Å²) in [5.41, 5.74) is 2.67. The van der Waals surface area contributed by atoms with Crippen LogP contribution in [0.15, 0.2) is 45.7 Å². The lowest BCUT2D eigenvalue weighted by Gasteiger charge is -2.00. The van der Waals surface area contributed by atoms with Gasteiger partial charge in [-0.2, -0.15) is 4.98 Å². The van der Waals surface area contributed by atoms with Crippen LogP contribution in [0, 0.1) is 13.8 Å². The van der Waals surface area contributed by atoms with E-state index in [9.17, 15) is 4.79 Å². The monoisotopic (exact) mass is 267 g/mol. The Bertz CT molecular complexity index is 803. The van der Waals surface area contributed by atoms with Crippen LogP contribution in [0.25, 0.3) is 22.8 Å². The summed E-state index contributed by atoms with van der Waals surface area (Å²) >= 11 is 0. The standard InChI is InChI=1S/C15H13N3O2/c1-9-8-10(2)16-14(19)12(9)15-17-13(18-20-15)11-6-4-3-5-7-11/h3-8H,1-2H3,(H,16,19). The number of hydrogen-bond donors (Lipinski definition) is 1. The Morgan fingerprint density at radius 2 is 1.90 bits per heavy atom. The predicted octanol–water partition coefficient (Wildman–Crippen LogP) is 2.71. The topological polar surface area (TPSA) is 71.8 Å². The average Bonchev–Trinajstić information content (AvgIpc) is 2.88. The Morgan fingerprint density at radius 1 is 1.15 bits per heavy atom. The minimum atomic E-state index is -0.217. The first-order valence-electron chi connectivity index (χ1n) is 6.25. The Morgan fingerprint density at radius 3 is 2.60 bits per heavy atom. The van der Waals surface area contributed by atoms with Gasteiger partial charge in [0.2, 0.25) is 5.82 Å². The van der Waals surface area contributed by atoms with Crippen molar-refractivity contribution in [3.63, 3.8) is 0 Å². The zero-order valence-electron chi connectivity index (χ0n) is 11.2. The number of pyridine rings is 1. The van der Waals surface area contributed by atoms with E-state index >= 15 is 0 Å². The van der Waals surface area contributed by atoms with Crippen molar-refractivity contribution < 1.29 is 4.52 Å². The van der Waals surface area contributed by atoms with Crippen molar-refractivity contribution in [2.24, 2.45) is 0 Å². The highest BCUT2D eigenvalue weighted by Gasteiger charge is 2.16. The van der Waals surface area contributed by atoms with Crippen molar-refractivity contribution in [3.05, 3.63) is 58.0 Å². The molecule has 2 aromatic heterocycles. The third-order valence-electron chi connectivity index (χ3n) is 3.04. The molecule has 0 saturated heterocycles. The van der Waals surface area contributed by atoms with Gasteiger partial charge in [0.25, 0.3) is 11.4 Å². The first-order valence-corrected chi connectivity index (χ1v) is 6.25. The van der Waals surface area contributed by atoms with Crippen LogP contribution in [0.3, 0.4) is 0 Å². The second-order valence-electron chi connectivity index (χ2n) is 4.63. The minimum absolute atomic E-state index is 0.217. The van der Waals surface area contributed by atoms with Gasteiger partial charge in [0.1, 0.15) is 5.56 Å². The van der Waals surface area contributed by atoms with E-state index in [1.807, 2.05) is 50.2 Å². The molecule has 1 N–H and O–H groups in total. The lowest BCUT2D eigenvalue weighted by atomic mass is 10.1. The summed E-state index contributed by atoms with van der Waals surface area (Å²) in [4.78, 5) is 19.1. The average molecular weight is 267 g/mol. The van der Waals surface area contributed by atoms with Crippen molar-refractivity contribution in [3.8, 4) is 22.8 Å². The molecule has 100 valence electrons. The van der Waals surface area contributed by atoms with Gasteiger partial charge in [-0.1, -0.05) is 35.5 Å². The van der Waals surface area contributed by atoms with Gasteiger partial charge in [-0.25, -0.2) is 0 Å². The molecule has 0 aliphatic heterocycles. The van der Waals surface area contributed by atoms with Gasteiger partial charge >= 0.3 is 0 Å². The molecule has 5 nitrogen and oxygen atoms in total. The number of nitrogens with one attached hydrogen (secondary N) is 1. The number of aromatic nitrogens is 3. The number of hydrogen-bond acceptors (Lipinski definition) is 4. The molecule has 0 atom stereocenters. The number of aryl methyl sites for hydroxylation is 2. The van der Waals surface area contributed by atoms with Crippen LogP contribution < -0.4 is 5.56 Å². The summed E-state index contributed by atoms with van der Waals surface area (Å²) in [6.45, 7) is 3.69. The van der Waals surface area contributed by atoms with E-state index in [1.165, 1.54) is 0 Å². The fourth-order valence-electron chi connectivity index (χ4n) is 2.15. The largest absolute Gasteiger partial charge is 0.333 e. The highest BCUT2D eigenvalue weighted by Crippen LogP contribution is 2.22. The van der Waals surface area contributed by atoms with E-state index in [-0.39, 0.29) is 11.4 Å². The van der Waals surface area contributed by atoms with Gasteiger partial charge in [0, 0.05) is 11.3 Å². The zero-order valence-corrected chi connectivity index (χ0v) is 11.2. The first-order chi connectivity index (χ1) is 9.65. The Labute approximate surface area is 115 Å². The third kappa shape index (κ3) is 2.14. The molecule has 2 heterocycles. The molecule has 3 aromatic rings. The Kier molecular flexibility index (Phi) is 2.95. The molecule has 20 heavy (non-hydrogen) atoms. The van der Waals surface area contributed by atoms with Gasteiger partial charge in [-0.15, -0.1) is 0 Å². The van der Waals surface area contributed by atoms with Crippen LogP contribution in [-0.2, 0) is 0 Å². The number of nitrogens with zero attached hydrogens (tertiary/aromatic N) is 2. The normalized spacial score (nSPS) is 10.7. The van der Waals surface area contributed by atoms with Crippen LogP contribution in [0.2, 0.25) is 0 Å². The maximum atomic E-state index is 12.0. The van der Waals surface area contributed by atoms with E-state index in [0.29, 0.717) is 11.4 Å². The molecule has 0 fully saturated rings. The molecule has 0 radical (unpaired) electrons. The van der Waals surface area contributed by atoms with Crippen LogP contribution >= 0.6 is 0 Å². The van der Waals surface area contributed by atoms with Crippen molar-refractivity contribution in [2.75, 3.05) is 0 Å². The van der Waals surface area contributed by atoms with Gasteiger partial charge < -0.3 is 9.51 Å². The lowest BCUT2D eigenvalue weighted by Crippen LogP contribution is -2.12. The highest BCUT2D eigenvalue weighted by molar-refractivity contribution is 5.61. The summed E-state index contributed by atoms with van der Waals surface area (Å²) in [6.07, 6.45) is 0. The zero-order chi connectivity index (χ0) is 14.1. The minimum Gasteiger partial charge on any atom is -0.333 e. The third-order valence-corrected chi connectivity index (χ3v) is 3.04. The molecule has 5 heteroatoms. The molecule has 0 amide bonds. The van der Waals surface area contributed by atoms with E-state index in [2.05, 4.69) is 15.1 Å². The molecule has 3 rings (SSSR count). The summed E-state index contributed by atoms with van der Waals surface area (Å²) in [7, 11) is 0. The number of benzene rings is 1. The quantitative estimate of drug-likeness (QED) is 0.774. The SMILES string of the molecule is Cc1cc(C)c(-c2nc(-c3ccccc3)no2)c(=O)[nH]1. The summed E-state index contributed by atoms with van der Waals surface area (Å²) in [5.74, 6) is 0.711. The smallest absolute Gasteiger partial charge is 0.264 e. The van der Waals surface area contributed by atoms with E-state index in [0.717, 1.165) is 16.8 Å². The van der Waals surface area contributed by atoms with Gasteiger partial charge in [0.05, 0.1) is 0 Å². The molecule has 0 bridgehead atoms. The number of aromatic amines is 1. The molecule has 0 aliphatic rings. The predicted molar refractivity (Wildman–Crippen MR) is 75.3 cm³/mol. The number of rotatable bonds is 2. The molecule has 1 aromatic carbocycles. The second kappa shape index (κ2) is 4.77. The fraction of sp³-hybridized carbons (Fsp3) is 0.133. The summed E-state index contributed by atoms with van der Waals surface area (Å²) < 4.78 is 5.23. The van der Waals surface area contributed by atoms with E-state index in [1.54, 1.807) is 0 Å². The van der Waals surface area contributed by atoms with E-state index < -0.39 is 0 Å². The first kappa shape index (κ1) is 12.3. The second-order valence-corrected chi connectivity index (χ2v) is 4.63. The molecular weight excluding hydrogens is 254 g/mol. The van der Waals surface area contributed by atoms with Crippen LogP contribution in [0.1, 0.15) is 11.3 Å². The summed E-state index contributed by atoms with van der Waals surface area (Å²) in [6, 6.07) is 11.4. The van der Waals surface area contributed by atoms with Gasteiger partial charge in [-0.3, -0.25) is 4.79 Å². The molecule has 0 unspecified atom stereocenters. The van der Waals surface area contributed by atoms with Crippen molar-refractivity contribution in [1.29, 1.82) is 0 Å².